The maximum absolute atomic E-state index is 5.21. The summed E-state index contributed by atoms with van der Waals surface area (Å²) < 4.78 is 7.86. The summed E-state index contributed by atoms with van der Waals surface area (Å²) in [5.41, 5.74) is 11.9. The molecule has 0 radical (unpaired) electrons. The van der Waals surface area contributed by atoms with E-state index in [4.69, 9.17) is 4.98 Å². The van der Waals surface area contributed by atoms with Gasteiger partial charge in [0.15, 0.2) is 0 Å². The van der Waals surface area contributed by atoms with Crippen molar-refractivity contribution in [2.24, 2.45) is 0 Å². The number of halogens is 1. The Hall–Kier alpha value is -5.20. The first kappa shape index (κ1) is 24.4. The highest BCUT2D eigenvalue weighted by atomic mass is 79.9. The van der Waals surface area contributed by atoms with Crippen LogP contribution in [-0.2, 0) is 0 Å². The van der Waals surface area contributed by atoms with Crippen molar-refractivity contribution in [3.8, 4) is 22.5 Å². The zero-order valence-corrected chi connectivity index (χ0v) is 24.8. The van der Waals surface area contributed by atoms with E-state index < -0.39 is 0 Å². The minimum atomic E-state index is 0.808. The first-order valence-corrected chi connectivity index (χ1v) is 15.1. The fourth-order valence-electron chi connectivity index (χ4n) is 6.71. The molecule has 0 saturated carbocycles. The van der Waals surface area contributed by atoms with Crippen molar-refractivity contribution in [3.05, 3.63) is 138 Å². The number of aryl methyl sites for hydroxylation is 1. The lowest BCUT2D eigenvalue weighted by Crippen LogP contribution is -2.00. The zero-order chi connectivity index (χ0) is 28.7. The number of para-hydroxylation sites is 5. The highest BCUT2D eigenvalue weighted by Crippen LogP contribution is 2.45. The number of benzene rings is 5. The Morgan fingerprint density at radius 2 is 1.21 bits per heavy atom. The number of aromatic nitrogens is 5. The fraction of sp³-hybridized carbons (Fsp3) is 0.0270. The summed E-state index contributed by atoms with van der Waals surface area (Å²) in [7, 11) is 0. The molecular weight excluding hydrogens is 594 g/mol. The average Bonchev–Trinajstić information content (AvgIpc) is 3.67. The Morgan fingerprint density at radius 1 is 0.558 bits per heavy atom. The highest BCUT2D eigenvalue weighted by Gasteiger charge is 2.26. The van der Waals surface area contributed by atoms with Gasteiger partial charge in [0, 0.05) is 33.4 Å². The van der Waals surface area contributed by atoms with Gasteiger partial charge in [-0.15, -0.1) is 0 Å². The van der Waals surface area contributed by atoms with Crippen molar-refractivity contribution in [3.63, 3.8) is 0 Å². The van der Waals surface area contributed by atoms with Gasteiger partial charge in [0.1, 0.15) is 4.60 Å². The molecule has 4 aromatic heterocycles. The van der Waals surface area contributed by atoms with E-state index in [1.807, 2.05) is 0 Å². The van der Waals surface area contributed by atoms with Crippen LogP contribution in [0, 0.1) is 6.92 Å². The minimum Gasteiger partial charge on any atom is -0.309 e. The number of fused-ring (bicyclic) bond motifs is 8. The van der Waals surface area contributed by atoms with E-state index in [1.165, 1.54) is 16.3 Å². The van der Waals surface area contributed by atoms with Gasteiger partial charge in [-0.2, -0.15) is 0 Å². The lowest BCUT2D eigenvalue weighted by Gasteiger charge is -2.16. The molecule has 0 atom stereocenters. The van der Waals surface area contributed by atoms with Crippen LogP contribution in [0.15, 0.2) is 132 Å². The Morgan fingerprint density at radius 3 is 1.95 bits per heavy atom. The first-order valence-electron chi connectivity index (χ1n) is 14.3. The van der Waals surface area contributed by atoms with Gasteiger partial charge in [-0.05, 0) is 89.1 Å². The zero-order valence-electron chi connectivity index (χ0n) is 23.2. The molecule has 0 spiro atoms. The Balaban J connectivity index is 1.63. The van der Waals surface area contributed by atoms with Crippen LogP contribution in [0.4, 0.5) is 0 Å². The van der Waals surface area contributed by atoms with Crippen molar-refractivity contribution in [1.29, 1.82) is 0 Å². The van der Waals surface area contributed by atoms with Crippen LogP contribution in [0.1, 0.15) is 5.69 Å². The lowest BCUT2D eigenvalue weighted by atomic mass is 9.99. The minimum absolute atomic E-state index is 0.808. The fourth-order valence-corrected chi connectivity index (χ4v) is 7.24. The molecule has 0 unspecified atom stereocenters. The van der Waals surface area contributed by atoms with Crippen LogP contribution in [0.2, 0.25) is 0 Å². The number of hydrogen-bond donors (Lipinski definition) is 0. The second kappa shape index (κ2) is 9.15. The summed E-state index contributed by atoms with van der Waals surface area (Å²) in [6.45, 7) is 2.05. The van der Waals surface area contributed by atoms with E-state index >= 15 is 0 Å². The largest absolute Gasteiger partial charge is 0.309 e. The molecular formula is C37H24BrN5. The van der Waals surface area contributed by atoms with Crippen LogP contribution in [0.3, 0.4) is 0 Å². The summed E-state index contributed by atoms with van der Waals surface area (Å²) in [5, 5.41) is 2.40. The maximum atomic E-state index is 5.21. The predicted octanol–water partition coefficient (Wildman–Crippen LogP) is 9.66. The first-order chi connectivity index (χ1) is 21.2. The maximum Gasteiger partial charge on any atom is 0.220 e. The molecule has 6 heteroatoms. The van der Waals surface area contributed by atoms with Gasteiger partial charge in [-0.25, -0.2) is 9.97 Å². The molecule has 9 aromatic rings. The standard InChI is InChI=1S/C37H24BrN5/c1-23-20-24(21-33(38)39-23)34-35-28(27-16-8-10-18-30(27)41(35)25-12-4-2-5-13-25)22-32-36(34)42(26-14-6-3-7-15-26)37-40-29-17-9-11-19-31(29)43(32)37/h2-22H,1H3. The van der Waals surface area contributed by atoms with Crippen molar-refractivity contribution in [2.75, 3.05) is 0 Å². The van der Waals surface area contributed by atoms with Crippen LogP contribution >= 0.6 is 15.9 Å². The van der Waals surface area contributed by atoms with Gasteiger partial charge in [-0.3, -0.25) is 8.97 Å². The van der Waals surface area contributed by atoms with Gasteiger partial charge < -0.3 is 4.57 Å². The monoisotopic (exact) mass is 617 g/mol. The molecule has 5 aromatic carbocycles. The topological polar surface area (TPSA) is 40.0 Å². The van der Waals surface area contributed by atoms with Crippen molar-refractivity contribution in [2.45, 2.75) is 6.92 Å². The van der Waals surface area contributed by atoms with Crippen LogP contribution < -0.4 is 0 Å². The van der Waals surface area contributed by atoms with E-state index in [0.29, 0.717) is 0 Å². The summed E-state index contributed by atoms with van der Waals surface area (Å²) in [5.74, 6) is 0.886. The van der Waals surface area contributed by atoms with Gasteiger partial charge in [-0.1, -0.05) is 66.7 Å². The molecule has 0 aliphatic heterocycles. The molecule has 9 rings (SSSR count). The lowest BCUT2D eigenvalue weighted by molar-refractivity contribution is 1.11. The quantitative estimate of drug-likeness (QED) is 0.185. The van der Waals surface area contributed by atoms with Crippen molar-refractivity contribution >= 4 is 65.6 Å². The summed E-state index contributed by atoms with van der Waals surface area (Å²) in [6.07, 6.45) is 0. The van der Waals surface area contributed by atoms with Gasteiger partial charge in [0.05, 0.1) is 33.1 Å². The number of nitrogens with zero attached hydrogens (tertiary/aromatic N) is 5. The third-order valence-corrected chi connectivity index (χ3v) is 8.76. The molecule has 4 heterocycles. The molecule has 0 aliphatic rings. The smallest absolute Gasteiger partial charge is 0.220 e. The Labute approximate surface area is 255 Å². The van der Waals surface area contributed by atoms with E-state index in [9.17, 15) is 0 Å². The third-order valence-electron chi connectivity index (χ3n) is 8.36. The molecule has 0 bridgehead atoms. The van der Waals surface area contributed by atoms with Gasteiger partial charge >= 0.3 is 0 Å². The summed E-state index contributed by atoms with van der Waals surface area (Å²) in [6, 6.07) is 45.0. The number of hydrogen-bond acceptors (Lipinski definition) is 2. The number of pyridine rings is 1. The van der Waals surface area contributed by atoms with E-state index in [-0.39, 0.29) is 0 Å². The molecule has 0 fully saturated rings. The third kappa shape index (κ3) is 3.50. The second-order valence-corrected chi connectivity index (χ2v) is 11.7. The van der Waals surface area contributed by atoms with Crippen LogP contribution in [-0.4, -0.2) is 23.5 Å². The predicted molar refractivity (Wildman–Crippen MR) is 180 cm³/mol. The Bertz CT molecular complexity index is 2500. The molecule has 0 N–H and O–H groups in total. The molecule has 5 nitrogen and oxygen atoms in total. The number of imidazole rings is 2. The molecule has 43 heavy (non-hydrogen) atoms. The Kier molecular flexibility index (Phi) is 5.19. The second-order valence-electron chi connectivity index (χ2n) is 10.9. The average molecular weight is 619 g/mol. The SMILES string of the molecule is Cc1cc(-c2c3c(cc4c2n(-c2ccccc2)c2nc5ccccc5n42)c2ccccc2n3-c2ccccc2)cc(Br)n1. The normalized spacial score (nSPS) is 12.0. The van der Waals surface area contributed by atoms with Gasteiger partial charge in [0.2, 0.25) is 5.78 Å². The van der Waals surface area contributed by atoms with Gasteiger partial charge in [0.25, 0.3) is 0 Å². The van der Waals surface area contributed by atoms with E-state index in [0.717, 1.165) is 66.2 Å². The van der Waals surface area contributed by atoms with Crippen LogP contribution in [0.5, 0.6) is 0 Å². The molecule has 0 saturated heterocycles. The highest BCUT2D eigenvalue weighted by molar-refractivity contribution is 9.10. The number of rotatable bonds is 3. The summed E-state index contributed by atoms with van der Waals surface area (Å²) in [4.78, 5) is 9.90. The molecule has 204 valence electrons. The molecule has 0 amide bonds. The van der Waals surface area contributed by atoms with Crippen molar-refractivity contribution in [1.82, 2.24) is 23.5 Å². The summed E-state index contributed by atoms with van der Waals surface area (Å²) >= 11 is 3.72. The van der Waals surface area contributed by atoms with Crippen molar-refractivity contribution < 1.29 is 0 Å². The van der Waals surface area contributed by atoms with E-state index in [1.54, 1.807) is 0 Å². The molecule has 0 aliphatic carbocycles. The van der Waals surface area contributed by atoms with Crippen LogP contribution in [0.25, 0.3) is 72.2 Å². The van der Waals surface area contributed by atoms with E-state index in [2.05, 4.69) is 169 Å².